The molecule has 0 bridgehead atoms. The standard InChI is InChI=1S/C30H34N6O3S/c1-19-6-9-21(29(37)33-24-15-23(30(2,3)4)11-12-27(24)40(5,38)39)14-26(19)36-18-25(34-35-36)22-10-13-28(32-17-22)31-16-20-7-8-20/h6,9-15,17-18,20H,7-8,16H2,1-5H3,(H,31,32)(H,33,37). The third kappa shape index (κ3) is 6.22. The fraction of sp³-hybridized carbons (Fsp3) is 0.333. The Hall–Kier alpha value is -4.05. The van der Waals surface area contributed by atoms with Crippen LogP contribution in [0.15, 0.2) is 65.8 Å². The van der Waals surface area contributed by atoms with Gasteiger partial charge in [-0.1, -0.05) is 38.1 Å². The lowest BCUT2D eigenvalue weighted by molar-refractivity contribution is 0.102. The molecule has 9 nitrogen and oxygen atoms in total. The predicted molar refractivity (Wildman–Crippen MR) is 157 cm³/mol. The predicted octanol–water partition coefficient (Wildman–Crippen LogP) is 5.41. The second kappa shape index (κ2) is 10.5. The van der Waals surface area contributed by atoms with Crippen LogP contribution in [0.3, 0.4) is 0 Å². The molecule has 2 heterocycles. The molecule has 1 aliphatic carbocycles. The van der Waals surface area contributed by atoms with E-state index in [9.17, 15) is 13.2 Å². The molecule has 0 spiro atoms. The summed E-state index contributed by atoms with van der Waals surface area (Å²) in [6, 6.07) is 14.2. The number of anilines is 2. The van der Waals surface area contributed by atoms with E-state index in [1.165, 1.54) is 12.8 Å². The fourth-order valence-corrected chi connectivity index (χ4v) is 5.17. The zero-order chi connectivity index (χ0) is 28.7. The number of carbonyl (C=O) groups excluding carboxylic acids is 1. The number of nitrogens with one attached hydrogen (secondary N) is 2. The molecular weight excluding hydrogens is 524 g/mol. The van der Waals surface area contributed by atoms with E-state index in [0.717, 1.165) is 41.2 Å². The summed E-state index contributed by atoms with van der Waals surface area (Å²) in [5.41, 5.74) is 4.40. The number of sulfone groups is 1. The fourth-order valence-electron chi connectivity index (χ4n) is 4.34. The van der Waals surface area contributed by atoms with E-state index in [1.807, 2.05) is 45.9 Å². The minimum absolute atomic E-state index is 0.0736. The lowest BCUT2D eigenvalue weighted by Crippen LogP contribution is -2.17. The Bertz CT molecular complexity index is 1670. The van der Waals surface area contributed by atoms with Crippen molar-refractivity contribution in [2.24, 2.45) is 5.92 Å². The molecule has 0 radical (unpaired) electrons. The molecule has 0 saturated heterocycles. The van der Waals surface area contributed by atoms with Crippen molar-refractivity contribution < 1.29 is 13.2 Å². The molecule has 2 N–H and O–H groups in total. The van der Waals surface area contributed by atoms with Crippen molar-refractivity contribution in [2.75, 3.05) is 23.4 Å². The van der Waals surface area contributed by atoms with Crippen LogP contribution < -0.4 is 10.6 Å². The van der Waals surface area contributed by atoms with Crippen LogP contribution in [-0.2, 0) is 15.3 Å². The highest BCUT2D eigenvalue weighted by atomic mass is 32.2. The first kappa shape index (κ1) is 27.5. The minimum atomic E-state index is -3.56. The summed E-state index contributed by atoms with van der Waals surface area (Å²) in [7, 11) is -3.56. The van der Waals surface area contributed by atoms with Crippen molar-refractivity contribution in [3.05, 3.63) is 77.6 Å². The number of rotatable bonds is 8. The summed E-state index contributed by atoms with van der Waals surface area (Å²) < 4.78 is 26.5. The molecule has 2 aromatic heterocycles. The average molecular weight is 559 g/mol. The van der Waals surface area contributed by atoms with Crippen molar-refractivity contribution in [3.8, 4) is 16.9 Å². The Labute approximate surface area is 235 Å². The van der Waals surface area contributed by atoms with E-state index in [-0.39, 0.29) is 16.0 Å². The molecule has 5 rings (SSSR count). The van der Waals surface area contributed by atoms with Gasteiger partial charge in [-0.25, -0.2) is 18.1 Å². The molecule has 208 valence electrons. The molecule has 40 heavy (non-hydrogen) atoms. The Morgan fingerprint density at radius 2 is 1.85 bits per heavy atom. The van der Waals surface area contributed by atoms with Gasteiger partial charge in [-0.3, -0.25) is 4.79 Å². The molecule has 1 saturated carbocycles. The van der Waals surface area contributed by atoms with Crippen molar-refractivity contribution in [1.29, 1.82) is 0 Å². The second-order valence-electron chi connectivity index (χ2n) is 11.5. The third-order valence-electron chi connectivity index (χ3n) is 7.03. The number of hydrogen-bond donors (Lipinski definition) is 2. The number of hydrogen-bond acceptors (Lipinski definition) is 7. The van der Waals surface area contributed by atoms with Crippen molar-refractivity contribution >= 4 is 27.2 Å². The van der Waals surface area contributed by atoms with Gasteiger partial charge in [-0.05, 0) is 78.6 Å². The van der Waals surface area contributed by atoms with E-state index in [1.54, 1.807) is 47.4 Å². The molecule has 0 aliphatic heterocycles. The molecule has 0 atom stereocenters. The van der Waals surface area contributed by atoms with E-state index in [2.05, 4.69) is 25.9 Å². The monoisotopic (exact) mass is 558 g/mol. The summed E-state index contributed by atoms with van der Waals surface area (Å²) in [5, 5.41) is 14.8. The maximum Gasteiger partial charge on any atom is 0.255 e. The third-order valence-corrected chi connectivity index (χ3v) is 8.19. The maximum atomic E-state index is 13.3. The van der Waals surface area contributed by atoms with Gasteiger partial charge in [0, 0.05) is 30.1 Å². The van der Waals surface area contributed by atoms with Crippen LogP contribution in [0.1, 0.15) is 55.1 Å². The van der Waals surface area contributed by atoms with Crippen LogP contribution in [0.4, 0.5) is 11.5 Å². The molecule has 1 amide bonds. The van der Waals surface area contributed by atoms with E-state index in [0.29, 0.717) is 16.9 Å². The van der Waals surface area contributed by atoms with Gasteiger partial charge >= 0.3 is 0 Å². The summed E-state index contributed by atoms with van der Waals surface area (Å²) >= 11 is 0. The molecule has 0 unspecified atom stereocenters. The number of nitrogens with zero attached hydrogens (tertiary/aromatic N) is 4. The van der Waals surface area contributed by atoms with Crippen molar-refractivity contribution in [3.63, 3.8) is 0 Å². The van der Waals surface area contributed by atoms with E-state index in [4.69, 9.17) is 0 Å². The smallest absolute Gasteiger partial charge is 0.255 e. The van der Waals surface area contributed by atoms with E-state index < -0.39 is 15.7 Å². The van der Waals surface area contributed by atoms with Crippen LogP contribution in [0, 0.1) is 12.8 Å². The van der Waals surface area contributed by atoms with Crippen LogP contribution in [0.25, 0.3) is 16.9 Å². The quantitative estimate of drug-likeness (QED) is 0.297. The number of pyridine rings is 1. The van der Waals surface area contributed by atoms with Gasteiger partial charge < -0.3 is 10.6 Å². The Morgan fingerprint density at radius 1 is 1.07 bits per heavy atom. The summed E-state index contributed by atoms with van der Waals surface area (Å²) in [4.78, 5) is 17.9. The zero-order valence-corrected chi connectivity index (χ0v) is 24.2. The van der Waals surface area contributed by atoms with E-state index >= 15 is 0 Å². The van der Waals surface area contributed by atoms with Gasteiger partial charge in [-0.2, -0.15) is 0 Å². The highest BCUT2D eigenvalue weighted by Gasteiger charge is 2.22. The molecular formula is C30H34N6O3S. The van der Waals surface area contributed by atoms with Gasteiger partial charge in [0.1, 0.15) is 11.5 Å². The van der Waals surface area contributed by atoms with Crippen molar-refractivity contribution in [1.82, 2.24) is 20.0 Å². The normalized spacial score (nSPS) is 13.7. The van der Waals surface area contributed by atoms with Crippen LogP contribution in [0.5, 0.6) is 0 Å². The molecule has 2 aromatic carbocycles. The Morgan fingerprint density at radius 3 is 2.50 bits per heavy atom. The first-order valence-electron chi connectivity index (χ1n) is 13.3. The molecule has 1 aliphatic rings. The summed E-state index contributed by atoms with van der Waals surface area (Å²) in [6.45, 7) is 8.97. The first-order chi connectivity index (χ1) is 18.9. The Kier molecular flexibility index (Phi) is 7.22. The summed E-state index contributed by atoms with van der Waals surface area (Å²) in [5.74, 6) is 1.18. The lowest BCUT2D eigenvalue weighted by atomic mass is 9.87. The van der Waals surface area contributed by atoms with Crippen molar-refractivity contribution in [2.45, 2.75) is 50.8 Å². The number of carbonyl (C=O) groups is 1. The summed E-state index contributed by atoms with van der Waals surface area (Å²) in [6.07, 6.45) is 7.26. The highest BCUT2D eigenvalue weighted by Crippen LogP contribution is 2.31. The minimum Gasteiger partial charge on any atom is -0.370 e. The largest absolute Gasteiger partial charge is 0.370 e. The molecule has 4 aromatic rings. The maximum absolute atomic E-state index is 13.3. The topological polar surface area (TPSA) is 119 Å². The van der Waals surface area contributed by atoms with Gasteiger partial charge in [-0.15, -0.1) is 5.10 Å². The highest BCUT2D eigenvalue weighted by molar-refractivity contribution is 7.90. The van der Waals surface area contributed by atoms with Gasteiger partial charge in [0.05, 0.1) is 22.5 Å². The zero-order valence-electron chi connectivity index (χ0n) is 23.4. The number of aromatic nitrogens is 4. The Balaban J connectivity index is 1.39. The van der Waals surface area contributed by atoms with Gasteiger partial charge in [0.25, 0.3) is 5.91 Å². The number of amides is 1. The van der Waals surface area contributed by atoms with Gasteiger partial charge in [0.2, 0.25) is 0 Å². The number of benzene rings is 2. The SMILES string of the molecule is Cc1ccc(C(=O)Nc2cc(C(C)(C)C)ccc2S(C)(=O)=O)cc1-n1cc(-c2ccc(NCC3CC3)nc2)nn1. The average Bonchev–Trinajstić information content (AvgIpc) is 3.60. The van der Waals surface area contributed by atoms with Crippen LogP contribution >= 0.6 is 0 Å². The lowest BCUT2D eigenvalue weighted by Gasteiger charge is -2.21. The van der Waals surface area contributed by atoms with Gasteiger partial charge in [0.15, 0.2) is 9.84 Å². The molecule has 10 heteroatoms. The first-order valence-corrected chi connectivity index (χ1v) is 15.2. The molecule has 1 fully saturated rings. The number of aryl methyl sites for hydroxylation is 1. The van der Waals surface area contributed by atoms with Crippen LogP contribution in [-0.4, -0.2) is 47.1 Å². The van der Waals surface area contributed by atoms with Crippen LogP contribution in [0.2, 0.25) is 0 Å². The second-order valence-corrected chi connectivity index (χ2v) is 13.5.